The summed E-state index contributed by atoms with van der Waals surface area (Å²) in [5.41, 5.74) is 0.986. The third kappa shape index (κ3) is 4.08. The van der Waals surface area contributed by atoms with Gasteiger partial charge in [-0.1, -0.05) is 6.07 Å². The fraction of sp³-hybridized carbons (Fsp3) is 0.409. The highest BCUT2D eigenvalue weighted by Gasteiger charge is 2.37. The van der Waals surface area contributed by atoms with E-state index in [0.29, 0.717) is 31.7 Å². The van der Waals surface area contributed by atoms with Gasteiger partial charge in [-0.15, -0.1) is 0 Å². The Bertz CT molecular complexity index is 951. The number of piperidine rings is 1. The third-order valence-electron chi connectivity index (χ3n) is 5.75. The number of halogens is 1. The molecule has 4 rings (SSSR count). The minimum absolute atomic E-state index is 0.0570. The van der Waals surface area contributed by atoms with Crippen LogP contribution in [0.1, 0.15) is 35.4 Å². The first-order valence-electron chi connectivity index (χ1n) is 10.1. The quantitative estimate of drug-likeness (QED) is 0.835. The number of furan rings is 1. The summed E-state index contributed by atoms with van der Waals surface area (Å²) in [6.07, 6.45) is 2.80. The first-order chi connectivity index (χ1) is 14.4. The number of amides is 3. The number of rotatable bonds is 4. The van der Waals surface area contributed by atoms with Gasteiger partial charge in [0.1, 0.15) is 5.82 Å². The molecule has 2 aliphatic rings. The average Bonchev–Trinajstić information content (AvgIpc) is 3.38. The number of hydrogen-bond donors (Lipinski definition) is 1. The van der Waals surface area contributed by atoms with Gasteiger partial charge in [-0.3, -0.25) is 14.4 Å². The Hall–Kier alpha value is -3.16. The summed E-state index contributed by atoms with van der Waals surface area (Å²) in [4.78, 5) is 40.5. The molecule has 2 fully saturated rings. The van der Waals surface area contributed by atoms with Crippen LogP contribution in [0.5, 0.6) is 0 Å². The summed E-state index contributed by atoms with van der Waals surface area (Å²) in [5, 5.41) is 3.00. The highest BCUT2D eigenvalue weighted by molar-refractivity contribution is 6.00. The Morgan fingerprint density at radius 3 is 2.63 bits per heavy atom. The molecule has 2 aliphatic heterocycles. The van der Waals surface area contributed by atoms with Crippen LogP contribution in [0.3, 0.4) is 0 Å². The molecule has 2 saturated heterocycles. The maximum Gasteiger partial charge on any atom is 0.289 e. The van der Waals surface area contributed by atoms with Gasteiger partial charge in [-0.2, -0.15) is 0 Å². The Balaban J connectivity index is 1.31. The van der Waals surface area contributed by atoms with Crippen molar-refractivity contribution in [2.45, 2.75) is 32.2 Å². The molecule has 1 unspecified atom stereocenters. The van der Waals surface area contributed by atoms with E-state index >= 15 is 0 Å². The Kier molecular flexibility index (Phi) is 5.57. The second-order valence-electron chi connectivity index (χ2n) is 7.91. The van der Waals surface area contributed by atoms with Crippen molar-refractivity contribution in [3.63, 3.8) is 0 Å². The lowest BCUT2D eigenvalue weighted by Gasteiger charge is -2.32. The van der Waals surface area contributed by atoms with Gasteiger partial charge in [-0.25, -0.2) is 4.39 Å². The summed E-state index contributed by atoms with van der Waals surface area (Å²) >= 11 is 0. The predicted molar refractivity (Wildman–Crippen MR) is 107 cm³/mol. The first-order valence-corrected chi connectivity index (χ1v) is 10.1. The van der Waals surface area contributed by atoms with Crippen molar-refractivity contribution >= 4 is 23.4 Å². The molecular weight excluding hydrogens is 389 g/mol. The number of carbonyl (C=O) groups excluding carboxylic acids is 3. The molecule has 8 heteroatoms. The summed E-state index contributed by atoms with van der Waals surface area (Å²) in [5.74, 6) is -1.27. The van der Waals surface area contributed by atoms with Crippen LogP contribution in [0.2, 0.25) is 0 Å². The SMILES string of the molecule is Cc1ccc(N2CC(C(=O)NC3CCN(C(=O)c4ccco4)CC3)CC2=O)c(F)c1. The molecule has 2 aromatic rings. The topological polar surface area (TPSA) is 82.9 Å². The van der Waals surface area contributed by atoms with Gasteiger partial charge < -0.3 is 19.5 Å². The lowest BCUT2D eigenvalue weighted by atomic mass is 10.0. The van der Waals surface area contributed by atoms with Crippen LogP contribution in [-0.4, -0.2) is 48.3 Å². The van der Waals surface area contributed by atoms with E-state index < -0.39 is 11.7 Å². The van der Waals surface area contributed by atoms with E-state index in [2.05, 4.69) is 5.32 Å². The number of hydrogen-bond acceptors (Lipinski definition) is 4. The highest BCUT2D eigenvalue weighted by atomic mass is 19.1. The van der Waals surface area contributed by atoms with Gasteiger partial charge in [0.05, 0.1) is 17.9 Å². The Morgan fingerprint density at radius 2 is 1.97 bits per heavy atom. The van der Waals surface area contributed by atoms with Gasteiger partial charge >= 0.3 is 0 Å². The molecule has 0 saturated carbocycles. The molecule has 158 valence electrons. The zero-order chi connectivity index (χ0) is 21.3. The lowest BCUT2D eigenvalue weighted by Crippen LogP contribution is -2.48. The maximum absolute atomic E-state index is 14.2. The first kappa shape index (κ1) is 20.1. The molecule has 3 amide bonds. The Morgan fingerprint density at radius 1 is 1.20 bits per heavy atom. The normalized spacial score (nSPS) is 19.9. The van der Waals surface area contributed by atoms with E-state index in [1.54, 1.807) is 36.1 Å². The van der Waals surface area contributed by atoms with Crippen LogP contribution in [0.25, 0.3) is 0 Å². The van der Waals surface area contributed by atoms with E-state index in [1.165, 1.54) is 17.2 Å². The van der Waals surface area contributed by atoms with Crippen molar-refractivity contribution < 1.29 is 23.2 Å². The van der Waals surface area contributed by atoms with Crippen LogP contribution in [-0.2, 0) is 9.59 Å². The van der Waals surface area contributed by atoms with Crippen molar-refractivity contribution in [1.29, 1.82) is 0 Å². The van der Waals surface area contributed by atoms with Crippen LogP contribution >= 0.6 is 0 Å². The van der Waals surface area contributed by atoms with E-state index in [4.69, 9.17) is 4.42 Å². The van der Waals surface area contributed by atoms with E-state index in [1.807, 2.05) is 0 Å². The van der Waals surface area contributed by atoms with Crippen molar-refractivity contribution in [1.82, 2.24) is 10.2 Å². The molecule has 3 heterocycles. The van der Waals surface area contributed by atoms with Crippen LogP contribution in [0, 0.1) is 18.7 Å². The van der Waals surface area contributed by atoms with Gasteiger partial charge in [-0.05, 0) is 49.6 Å². The summed E-state index contributed by atoms with van der Waals surface area (Å²) in [6.45, 7) is 2.99. The fourth-order valence-corrected chi connectivity index (χ4v) is 4.05. The fourth-order valence-electron chi connectivity index (χ4n) is 4.05. The molecular formula is C22H24FN3O4. The lowest BCUT2D eigenvalue weighted by molar-refractivity contribution is -0.127. The van der Waals surface area contributed by atoms with Crippen molar-refractivity contribution in [2.24, 2.45) is 5.92 Å². The van der Waals surface area contributed by atoms with Crippen LogP contribution < -0.4 is 10.2 Å². The zero-order valence-electron chi connectivity index (χ0n) is 16.8. The van der Waals surface area contributed by atoms with Gasteiger partial charge in [0, 0.05) is 32.1 Å². The zero-order valence-corrected chi connectivity index (χ0v) is 16.8. The van der Waals surface area contributed by atoms with Crippen LogP contribution in [0.15, 0.2) is 41.0 Å². The number of likely N-dealkylation sites (tertiary alicyclic amines) is 1. The third-order valence-corrected chi connectivity index (χ3v) is 5.75. The highest BCUT2D eigenvalue weighted by Crippen LogP contribution is 2.28. The second kappa shape index (κ2) is 8.30. The van der Waals surface area contributed by atoms with Crippen molar-refractivity contribution in [3.8, 4) is 0 Å². The van der Waals surface area contributed by atoms with Gasteiger partial charge in [0.2, 0.25) is 11.8 Å². The minimum Gasteiger partial charge on any atom is -0.459 e. The predicted octanol–water partition coefficient (Wildman–Crippen LogP) is 2.50. The second-order valence-corrected chi connectivity index (χ2v) is 7.91. The summed E-state index contributed by atoms with van der Waals surface area (Å²) in [6, 6.07) is 7.96. The van der Waals surface area contributed by atoms with E-state index in [0.717, 1.165) is 5.56 Å². The maximum atomic E-state index is 14.2. The average molecular weight is 413 g/mol. The van der Waals surface area contributed by atoms with Gasteiger partial charge in [0.25, 0.3) is 5.91 Å². The monoisotopic (exact) mass is 413 g/mol. The molecule has 0 spiro atoms. The smallest absolute Gasteiger partial charge is 0.289 e. The van der Waals surface area contributed by atoms with E-state index in [9.17, 15) is 18.8 Å². The van der Waals surface area contributed by atoms with Crippen molar-refractivity contribution in [3.05, 3.63) is 53.7 Å². The summed E-state index contributed by atoms with van der Waals surface area (Å²) in [7, 11) is 0. The standard InChI is InChI=1S/C22H24FN3O4/c1-14-4-5-18(17(23)11-14)26-13-15(12-20(26)27)21(28)24-16-6-8-25(9-7-16)22(29)19-3-2-10-30-19/h2-5,10-11,15-16H,6-9,12-13H2,1H3,(H,24,28). The summed E-state index contributed by atoms with van der Waals surface area (Å²) < 4.78 is 19.4. The minimum atomic E-state index is -0.513. The van der Waals surface area contributed by atoms with E-state index in [-0.39, 0.29) is 42.4 Å². The molecule has 1 aromatic heterocycles. The number of anilines is 1. The largest absolute Gasteiger partial charge is 0.459 e. The molecule has 1 atom stereocenters. The molecule has 1 N–H and O–H groups in total. The van der Waals surface area contributed by atoms with Crippen LogP contribution in [0.4, 0.5) is 10.1 Å². The number of nitrogens with one attached hydrogen (secondary N) is 1. The number of carbonyl (C=O) groups is 3. The number of aryl methyl sites for hydroxylation is 1. The molecule has 0 radical (unpaired) electrons. The number of nitrogens with zero attached hydrogens (tertiary/aromatic N) is 2. The molecule has 1 aromatic carbocycles. The molecule has 0 aliphatic carbocycles. The molecule has 30 heavy (non-hydrogen) atoms. The number of benzene rings is 1. The Labute approximate surface area is 173 Å². The molecule has 0 bridgehead atoms. The van der Waals surface area contributed by atoms with Crippen molar-refractivity contribution in [2.75, 3.05) is 24.5 Å². The molecule has 7 nitrogen and oxygen atoms in total. The van der Waals surface area contributed by atoms with Gasteiger partial charge in [0.15, 0.2) is 5.76 Å².